The monoisotopic (exact) mass is 236 g/mol. The van der Waals surface area contributed by atoms with Crippen molar-refractivity contribution in [2.24, 2.45) is 0 Å². The van der Waals surface area contributed by atoms with Gasteiger partial charge in [0, 0.05) is 5.69 Å². The third-order valence-electron chi connectivity index (χ3n) is 3.27. The molecular weight excluding hydrogens is 220 g/mol. The SMILES string of the molecule is CCc1nc(=O)[nH]c2c1C(CC(=O)O)CCC2. The van der Waals surface area contributed by atoms with Crippen LogP contribution in [0.3, 0.4) is 0 Å². The number of carboxylic acids is 1. The molecule has 0 saturated carbocycles. The van der Waals surface area contributed by atoms with Gasteiger partial charge in [-0.05, 0) is 37.2 Å². The van der Waals surface area contributed by atoms with Gasteiger partial charge in [0.25, 0.3) is 0 Å². The number of H-pyrrole nitrogens is 1. The number of hydrogen-bond donors (Lipinski definition) is 2. The van der Waals surface area contributed by atoms with Crippen LogP contribution in [0.5, 0.6) is 0 Å². The van der Waals surface area contributed by atoms with Crippen LogP contribution in [0.1, 0.15) is 49.1 Å². The first-order valence-corrected chi connectivity index (χ1v) is 5.95. The normalized spacial score (nSPS) is 18.8. The van der Waals surface area contributed by atoms with E-state index in [2.05, 4.69) is 9.97 Å². The maximum atomic E-state index is 11.4. The Balaban J connectivity index is 2.48. The number of hydrogen-bond acceptors (Lipinski definition) is 3. The van der Waals surface area contributed by atoms with E-state index in [1.54, 1.807) is 0 Å². The van der Waals surface area contributed by atoms with Crippen LogP contribution < -0.4 is 5.69 Å². The first-order valence-electron chi connectivity index (χ1n) is 5.95. The highest BCUT2D eigenvalue weighted by Crippen LogP contribution is 2.34. The summed E-state index contributed by atoms with van der Waals surface area (Å²) in [5, 5.41) is 8.92. The number of carbonyl (C=O) groups is 1. The Hall–Kier alpha value is -1.65. The zero-order valence-electron chi connectivity index (χ0n) is 9.82. The van der Waals surface area contributed by atoms with Crippen molar-refractivity contribution in [3.8, 4) is 0 Å². The number of nitrogens with zero attached hydrogens (tertiary/aromatic N) is 1. The number of fused-ring (bicyclic) bond motifs is 1. The molecule has 17 heavy (non-hydrogen) atoms. The van der Waals surface area contributed by atoms with E-state index >= 15 is 0 Å². The standard InChI is InChI=1S/C12H16N2O3/c1-2-8-11-7(6-10(15)16)4-3-5-9(11)14-12(17)13-8/h7H,2-6H2,1H3,(H,15,16)(H,13,14,17). The minimum absolute atomic E-state index is 0.00412. The molecule has 0 fully saturated rings. The van der Waals surface area contributed by atoms with Crippen molar-refractivity contribution >= 4 is 5.97 Å². The van der Waals surface area contributed by atoms with Gasteiger partial charge in [0.05, 0.1) is 12.1 Å². The Kier molecular flexibility index (Phi) is 3.26. The third kappa shape index (κ3) is 2.38. The summed E-state index contributed by atoms with van der Waals surface area (Å²) in [5.74, 6) is -0.799. The number of aromatic amines is 1. The Morgan fingerprint density at radius 3 is 3.00 bits per heavy atom. The number of carboxylic acid groups (broad SMARTS) is 1. The van der Waals surface area contributed by atoms with Crippen molar-refractivity contribution < 1.29 is 9.90 Å². The lowest BCUT2D eigenvalue weighted by molar-refractivity contribution is -0.137. The lowest BCUT2D eigenvalue weighted by Crippen LogP contribution is -2.24. The van der Waals surface area contributed by atoms with Crippen molar-refractivity contribution in [1.29, 1.82) is 0 Å². The lowest BCUT2D eigenvalue weighted by atomic mass is 9.82. The summed E-state index contributed by atoms with van der Waals surface area (Å²) in [7, 11) is 0. The Bertz CT molecular complexity index is 473. The van der Waals surface area contributed by atoms with E-state index in [-0.39, 0.29) is 18.0 Å². The average Bonchev–Trinajstić information content (AvgIpc) is 2.27. The van der Waals surface area contributed by atoms with Gasteiger partial charge in [-0.25, -0.2) is 4.79 Å². The quantitative estimate of drug-likeness (QED) is 0.826. The van der Waals surface area contributed by atoms with Gasteiger partial charge in [0.1, 0.15) is 0 Å². The molecule has 5 heteroatoms. The largest absolute Gasteiger partial charge is 0.481 e. The van der Waals surface area contributed by atoms with Gasteiger partial charge in [-0.15, -0.1) is 0 Å². The summed E-state index contributed by atoms with van der Waals surface area (Å²) in [6.45, 7) is 1.94. The van der Waals surface area contributed by atoms with Gasteiger partial charge >= 0.3 is 11.7 Å². The molecule has 92 valence electrons. The van der Waals surface area contributed by atoms with E-state index < -0.39 is 5.97 Å². The van der Waals surface area contributed by atoms with Crippen molar-refractivity contribution in [3.05, 3.63) is 27.4 Å². The highest BCUT2D eigenvalue weighted by Gasteiger charge is 2.26. The molecule has 0 spiro atoms. The predicted octanol–water partition coefficient (Wildman–Crippen LogP) is 1.23. The second-order valence-corrected chi connectivity index (χ2v) is 4.42. The molecule has 1 aromatic heterocycles. The smallest absolute Gasteiger partial charge is 0.345 e. The summed E-state index contributed by atoms with van der Waals surface area (Å²) in [5.41, 5.74) is 2.30. The molecule has 0 saturated heterocycles. The molecule has 1 heterocycles. The van der Waals surface area contributed by atoms with E-state index in [9.17, 15) is 9.59 Å². The van der Waals surface area contributed by atoms with Crippen LogP contribution in [-0.4, -0.2) is 21.0 Å². The van der Waals surface area contributed by atoms with Crippen LogP contribution in [-0.2, 0) is 17.6 Å². The van der Waals surface area contributed by atoms with E-state index in [1.165, 1.54) is 0 Å². The zero-order valence-corrected chi connectivity index (χ0v) is 9.82. The highest BCUT2D eigenvalue weighted by atomic mass is 16.4. The summed E-state index contributed by atoms with van der Waals surface area (Å²) < 4.78 is 0. The third-order valence-corrected chi connectivity index (χ3v) is 3.27. The van der Waals surface area contributed by atoms with Gasteiger partial charge in [0.2, 0.25) is 0 Å². The molecule has 1 atom stereocenters. The van der Waals surface area contributed by atoms with Gasteiger partial charge in [0.15, 0.2) is 0 Å². The maximum Gasteiger partial charge on any atom is 0.345 e. The van der Waals surface area contributed by atoms with E-state index in [0.717, 1.165) is 36.2 Å². The molecule has 0 amide bonds. The molecule has 1 aliphatic rings. The Morgan fingerprint density at radius 1 is 1.59 bits per heavy atom. The molecule has 2 rings (SSSR count). The predicted molar refractivity (Wildman–Crippen MR) is 62.2 cm³/mol. The number of aromatic nitrogens is 2. The molecule has 1 unspecified atom stereocenters. The average molecular weight is 236 g/mol. The summed E-state index contributed by atoms with van der Waals surface area (Å²) in [6, 6.07) is 0. The highest BCUT2D eigenvalue weighted by molar-refractivity contribution is 5.68. The fourth-order valence-corrected chi connectivity index (χ4v) is 2.61. The molecule has 2 N–H and O–H groups in total. The van der Waals surface area contributed by atoms with Gasteiger partial charge in [-0.3, -0.25) is 4.79 Å². The van der Waals surface area contributed by atoms with Crippen molar-refractivity contribution in [2.75, 3.05) is 0 Å². The lowest BCUT2D eigenvalue weighted by Gasteiger charge is -2.25. The number of aryl methyl sites for hydroxylation is 2. The zero-order chi connectivity index (χ0) is 12.4. The number of rotatable bonds is 3. The van der Waals surface area contributed by atoms with Gasteiger partial charge in [-0.1, -0.05) is 6.92 Å². The molecule has 0 aromatic carbocycles. The minimum Gasteiger partial charge on any atom is -0.481 e. The van der Waals surface area contributed by atoms with E-state index in [4.69, 9.17) is 5.11 Å². The van der Waals surface area contributed by atoms with Crippen molar-refractivity contribution in [1.82, 2.24) is 9.97 Å². The van der Waals surface area contributed by atoms with Crippen LogP contribution in [0.25, 0.3) is 0 Å². The molecule has 0 bridgehead atoms. The van der Waals surface area contributed by atoms with E-state index in [0.29, 0.717) is 6.42 Å². The number of nitrogens with one attached hydrogen (secondary N) is 1. The second-order valence-electron chi connectivity index (χ2n) is 4.42. The summed E-state index contributed by atoms with van der Waals surface area (Å²) >= 11 is 0. The van der Waals surface area contributed by atoms with Crippen LogP contribution in [0.4, 0.5) is 0 Å². The summed E-state index contributed by atoms with van der Waals surface area (Å²) in [6.07, 6.45) is 3.39. The van der Waals surface area contributed by atoms with Crippen LogP contribution in [0.2, 0.25) is 0 Å². The van der Waals surface area contributed by atoms with E-state index in [1.807, 2.05) is 6.92 Å². The van der Waals surface area contributed by atoms with Gasteiger partial charge in [-0.2, -0.15) is 4.98 Å². The molecule has 0 aliphatic heterocycles. The minimum atomic E-state index is -0.795. The Morgan fingerprint density at radius 2 is 2.35 bits per heavy atom. The second kappa shape index (κ2) is 4.69. The fourth-order valence-electron chi connectivity index (χ4n) is 2.61. The summed E-state index contributed by atoms with van der Waals surface area (Å²) in [4.78, 5) is 28.9. The maximum absolute atomic E-state index is 11.4. The van der Waals surface area contributed by atoms with Gasteiger partial charge < -0.3 is 10.1 Å². The Labute approximate surface area is 98.9 Å². The van der Waals surface area contributed by atoms with Crippen LogP contribution in [0.15, 0.2) is 4.79 Å². The molecule has 1 aliphatic carbocycles. The van der Waals surface area contributed by atoms with Crippen LogP contribution in [0, 0.1) is 0 Å². The van der Waals surface area contributed by atoms with Crippen molar-refractivity contribution in [2.45, 2.75) is 44.9 Å². The first-order chi connectivity index (χ1) is 8.11. The topological polar surface area (TPSA) is 83.0 Å². The fraction of sp³-hybridized carbons (Fsp3) is 0.583. The molecule has 1 aromatic rings. The first kappa shape index (κ1) is 11.8. The molecule has 0 radical (unpaired) electrons. The van der Waals surface area contributed by atoms with Crippen molar-refractivity contribution in [3.63, 3.8) is 0 Å². The molecular formula is C12H16N2O3. The van der Waals surface area contributed by atoms with Crippen LogP contribution >= 0.6 is 0 Å². The molecule has 5 nitrogen and oxygen atoms in total. The number of aliphatic carboxylic acids is 1.